The lowest BCUT2D eigenvalue weighted by atomic mass is 10.4. The number of aromatic nitrogens is 4. The van der Waals surface area contributed by atoms with Crippen LogP contribution in [-0.2, 0) is 24.1 Å². The van der Waals surface area contributed by atoms with Crippen LogP contribution in [0.4, 0.5) is 0 Å². The van der Waals surface area contributed by atoms with Gasteiger partial charge in [0.05, 0.1) is 12.2 Å². The van der Waals surface area contributed by atoms with E-state index < -0.39 is 0 Å². The van der Waals surface area contributed by atoms with Gasteiger partial charge in [0, 0.05) is 24.8 Å². The molecule has 0 unspecified atom stereocenters. The average Bonchev–Trinajstić information content (AvgIpc) is 3.06. The van der Waals surface area contributed by atoms with Crippen molar-refractivity contribution < 1.29 is 4.74 Å². The number of ether oxygens (including phenoxy) is 1. The lowest BCUT2D eigenvalue weighted by molar-refractivity contribution is 0.0761. The molecule has 0 spiro atoms. The number of hydrogen-bond donors (Lipinski definition) is 0. The maximum Gasteiger partial charge on any atom is 0.150 e. The Balaban J connectivity index is 2.12. The minimum Gasteiger partial charge on any atom is -0.372 e. The minimum absolute atomic E-state index is 0.0614. The van der Waals surface area contributed by atoms with Crippen LogP contribution in [0.15, 0.2) is 5.38 Å². The summed E-state index contributed by atoms with van der Waals surface area (Å²) >= 11 is 1.65. The molecule has 0 bridgehead atoms. The Hall–Kier alpha value is -1.27. The average molecular weight is 294 g/mol. The molecule has 2 aromatic heterocycles. The van der Waals surface area contributed by atoms with E-state index in [9.17, 15) is 0 Å². The molecule has 0 aliphatic carbocycles. The van der Waals surface area contributed by atoms with Crippen molar-refractivity contribution in [3.63, 3.8) is 0 Å². The number of nitrogens with zero attached hydrogens (tertiary/aromatic N) is 4. The van der Waals surface area contributed by atoms with Gasteiger partial charge in [0.1, 0.15) is 16.9 Å². The molecule has 0 aliphatic rings. The Morgan fingerprint density at radius 1 is 1.25 bits per heavy atom. The van der Waals surface area contributed by atoms with E-state index in [2.05, 4.69) is 34.3 Å². The maximum atomic E-state index is 5.57. The fourth-order valence-electron chi connectivity index (χ4n) is 2.02. The highest BCUT2D eigenvalue weighted by Crippen LogP contribution is 2.21. The van der Waals surface area contributed by atoms with Crippen molar-refractivity contribution >= 4 is 11.3 Å². The van der Waals surface area contributed by atoms with Gasteiger partial charge in [-0.2, -0.15) is 5.10 Å². The van der Waals surface area contributed by atoms with Crippen molar-refractivity contribution in [1.29, 1.82) is 0 Å². The molecule has 1 atom stereocenters. The zero-order valence-electron chi connectivity index (χ0n) is 12.6. The Morgan fingerprint density at radius 2 is 2.05 bits per heavy atom. The molecule has 0 saturated heterocycles. The lowest BCUT2D eigenvalue weighted by Crippen LogP contribution is -2.07. The Kier molecular flexibility index (Phi) is 5.25. The van der Waals surface area contributed by atoms with E-state index in [1.54, 1.807) is 11.3 Å². The zero-order chi connectivity index (χ0) is 14.5. The fourth-order valence-corrected chi connectivity index (χ4v) is 2.83. The summed E-state index contributed by atoms with van der Waals surface area (Å²) in [5, 5.41) is 7.63. The van der Waals surface area contributed by atoms with Gasteiger partial charge in [-0.1, -0.05) is 13.8 Å². The second-order valence-electron chi connectivity index (χ2n) is 4.58. The monoisotopic (exact) mass is 294 g/mol. The maximum absolute atomic E-state index is 5.57. The van der Waals surface area contributed by atoms with Crippen LogP contribution in [-0.4, -0.2) is 26.4 Å². The van der Waals surface area contributed by atoms with E-state index in [4.69, 9.17) is 4.74 Å². The van der Waals surface area contributed by atoms with Gasteiger partial charge in [0.25, 0.3) is 0 Å². The van der Waals surface area contributed by atoms with E-state index in [-0.39, 0.29) is 6.10 Å². The molecule has 2 aromatic rings. The van der Waals surface area contributed by atoms with Gasteiger partial charge >= 0.3 is 0 Å². The highest BCUT2D eigenvalue weighted by atomic mass is 32.1. The summed E-state index contributed by atoms with van der Waals surface area (Å²) in [5.74, 6) is 1.93. The van der Waals surface area contributed by atoms with Crippen molar-refractivity contribution in [1.82, 2.24) is 19.7 Å². The van der Waals surface area contributed by atoms with Crippen LogP contribution in [0.25, 0.3) is 0 Å². The lowest BCUT2D eigenvalue weighted by Gasteiger charge is -2.07. The van der Waals surface area contributed by atoms with Gasteiger partial charge < -0.3 is 4.74 Å². The van der Waals surface area contributed by atoms with Gasteiger partial charge in [0.15, 0.2) is 5.82 Å². The molecular formula is C14H22N4OS. The van der Waals surface area contributed by atoms with Crippen LogP contribution in [0.2, 0.25) is 0 Å². The van der Waals surface area contributed by atoms with Crippen molar-refractivity contribution in [2.24, 2.45) is 0 Å². The topological polar surface area (TPSA) is 52.8 Å². The van der Waals surface area contributed by atoms with E-state index in [1.165, 1.54) is 0 Å². The molecular weight excluding hydrogens is 272 g/mol. The van der Waals surface area contributed by atoms with E-state index >= 15 is 0 Å². The van der Waals surface area contributed by atoms with Crippen LogP contribution in [0.1, 0.15) is 56.1 Å². The molecule has 6 heteroatoms. The number of rotatable bonds is 7. The van der Waals surface area contributed by atoms with E-state index in [1.807, 2.05) is 18.5 Å². The highest BCUT2D eigenvalue weighted by molar-refractivity contribution is 7.09. The molecule has 5 nitrogen and oxygen atoms in total. The predicted octanol–water partition coefficient (Wildman–Crippen LogP) is 3.01. The standard InChI is InChI=1S/C14H22N4OS/c1-5-12-16-13(6-2)18(17-12)8-11-9-20-14(15-11)10(4)19-7-3/h9-10H,5-8H2,1-4H3/t10-/m1/s1. The molecule has 0 fully saturated rings. The number of thiazole rings is 1. The van der Waals surface area contributed by atoms with Crippen LogP contribution in [0.5, 0.6) is 0 Å². The Labute approximate surface area is 124 Å². The Morgan fingerprint density at radius 3 is 2.70 bits per heavy atom. The van der Waals surface area contributed by atoms with Crippen molar-refractivity contribution in [2.45, 2.75) is 53.2 Å². The van der Waals surface area contributed by atoms with Crippen molar-refractivity contribution in [3.8, 4) is 0 Å². The summed E-state index contributed by atoms with van der Waals surface area (Å²) < 4.78 is 7.53. The number of aryl methyl sites for hydroxylation is 2. The molecule has 20 heavy (non-hydrogen) atoms. The summed E-state index contributed by atoms with van der Waals surface area (Å²) in [6, 6.07) is 0. The first-order valence-electron chi connectivity index (χ1n) is 7.16. The summed E-state index contributed by atoms with van der Waals surface area (Å²) in [5.41, 5.74) is 1.03. The summed E-state index contributed by atoms with van der Waals surface area (Å²) in [6.07, 6.45) is 1.81. The molecule has 0 radical (unpaired) electrons. The largest absolute Gasteiger partial charge is 0.372 e. The summed E-state index contributed by atoms with van der Waals surface area (Å²) in [7, 11) is 0. The van der Waals surface area contributed by atoms with Crippen LogP contribution < -0.4 is 0 Å². The van der Waals surface area contributed by atoms with Gasteiger partial charge in [-0.25, -0.2) is 14.6 Å². The van der Waals surface area contributed by atoms with E-state index in [0.29, 0.717) is 13.2 Å². The third-order valence-corrected chi connectivity index (χ3v) is 4.13. The van der Waals surface area contributed by atoms with E-state index in [0.717, 1.165) is 35.2 Å². The fraction of sp³-hybridized carbons (Fsp3) is 0.643. The van der Waals surface area contributed by atoms with Crippen LogP contribution in [0.3, 0.4) is 0 Å². The third kappa shape index (κ3) is 3.43. The van der Waals surface area contributed by atoms with Crippen LogP contribution in [0, 0.1) is 0 Å². The zero-order valence-corrected chi connectivity index (χ0v) is 13.4. The van der Waals surface area contributed by atoms with Crippen LogP contribution >= 0.6 is 11.3 Å². The normalized spacial score (nSPS) is 12.8. The van der Waals surface area contributed by atoms with Crippen molar-refractivity contribution in [2.75, 3.05) is 6.61 Å². The first kappa shape index (κ1) is 15.1. The third-order valence-electron chi connectivity index (χ3n) is 3.07. The van der Waals surface area contributed by atoms with Gasteiger partial charge in [-0.3, -0.25) is 0 Å². The molecule has 110 valence electrons. The number of hydrogen-bond acceptors (Lipinski definition) is 5. The SMILES string of the molecule is CCO[C@H](C)c1nc(Cn2nc(CC)nc2CC)cs1. The minimum atomic E-state index is 0.0614. The second-order valence-corrected chi connectivity index (χ2v) is 5.47. The predicted molar refractivity (Wildman–Crippen MR) is 80.0 cm³/mol. The summed E-state index contributed by atoms with van der Waals surface area (Å²) in [6.45, 7) is 9.60. The molecule has 0 N–H and O–H groups in total. The second kappa shape index (κ2) is 6.95. The molecule has 2 rings (SSSR count). The molecule has 2 heterocycles. The van der Waals surface area contributed by atoms with Gasteiger partial charge in [-0.05, 0) is 13.8 Å². The smallest absolute Gasteiger partial charge is 0.150 e. The quantitative estimate of drug-likeness (QED) is 0.787. The summed E-state index contributed by atoms with van der Waals surface area (Å²) in [4.78, 5) is 9.16. The van der Waals surface area contributed by atoms with Crippen molar-refractivity contribution in [3.05, 3.63) is 27.7 Å². The van der Waals surface area contributed by atoms with Gasteiger partial charge in [0.2, 0.25) is 0 Å². The van der Waals surface area contributed by atoms with Gasteiger partial charge in [-0.15, -0.1) is 11.3 Å². The molecule has 0 saturated carbocycles. The first-order valence-corrected chi connectivity index (χ1v) is 8.04. The molecule has 0 aliphatic heterocycles. The molecule has 0 aromatic carbocycles. The molecule has 0 amide bonds. The first-order chi connectivity index (χ1) is 9.67. The Bertz CT molecular complexity index is 549. The highest BCUT2D eigenvalue weighted by Gasteiger charge is 2.13.